The van der Waals surface area contributed by atoms with E-state index in [0.717, 1.165) is 31.0 Å². The zero-order chi connectivity index (χ0) is 13.9. The lowest BCUT2D eigenvalue weighted by atomic mass is 10.3. The molecule has 0 spiro atoms. The Kier molecular flexibility index (Phi) is 4.67. The Bertz CT molecular complexity index is 417. The van der Waals surface area contributed by atoms with Crippen molar-refractivity contribution in [2.75, 3.05) is 43.0 Å². The van der Waals surface area contributed by atoms with Gasteiger partial charge in [-0.25, -0.2) is 4.98 Å². The third kappa shape index (κ3) is 3.82. The van der Waals surface area contributed by atoms with Crippen molar-refractivity contribution in [1.82, 2.24) is 9.88 Å². The minimum atomic E-state index is -4.38. The molecular formula is C12H15BrF3N3. The molecule has 2 rings (SSSR count). The molecule has 0 atom stereocenters. The number of hydrogen-bond acceptors (Lipinski definition) is 3. The summed E-state index contributed by atoms with van der Waals surface area (Å²) in [6, 6.07) is 4.05. The highest BCUT2D eigenvalue weighted by Crippen LogP contribution is 2.29. The summed E-state index contributed by atoms with van der Waals surface area (Å²) in [7, 11) is 0. The third-order valence-corrected chi connectivity index (χ3v) is 3.48. The fourth-order valence-corrected chi connectivity index (χ4v) is 2.58. The van der Waals surface area contributed by atoms with Crippen LogP contribution in [0.4, 0.5) is 19.0 Å². The number of rotatable bonds is 3. The van der Waals surface area contributed by atoms with Crippen molar-refractivity contribution in [2.45, 2.75) is 6.18 Å². The fourth-order valence-electron chi connectivity index (χ4n) is 2.08. The van der Waals surface area contributed by atoms with Gasteiger partial charge in [0.15, 0.2) is 0 Å². The summed E-state index contributed by atoms with van der Waals surface area (Å²) in [6.07, 6.45) is -4.38. The van der Waals surface area contributed by atoms with Crippen LogP contribution in [0.1, 0.15) is 5.69 Å². The molecule has 0 N–H and O–H groups in total. The van der Waals surface area contributed by atoms with Gasteiger partial charge in [0, 0.05) is 38.1 Å². The predicted molar refractivity (Wildman–Crippen MR) is 71.7 cm³/mol. The van der Waals surface area contributed by atoms with E-state index in [9.17, 15) is 13.2 Å². The first-order chi connectivity index (χ1) is 9.00. The zero-order valence-corrected chi connectivity index (χ0v) is 11.9. The van der Waals surface area contributed by atoms with Crippen molar-refractivity contribution in [1.29, 1.82) is 0 Å². The number of piperazine rings is 1. The van der Waals surface area contributed by atoms with E-state index in [0.29, 0.717) is 18.9 Å². The molecule has 2 heterocycles. The first-order valence-corrected chi connectivity index (χ1v) is 7.20. The lowest BCUT2D eigenvalue weighted by molar-refractivity contribution is -0.141. The average molecular weight is 338 g/mol. The first kappa shape index (κ1) is 14.6. The molecule has 1 aliphatic rings. The lowest BCUT2D eigenvalue weighted by Crippen LogP contribution is -2.47. The largest absolute Gasteiger partial charge is 0.433 e. The summed E-state index contributed by atoms with van der Waals surface area (Å²) >= 11 is 3.38. The normalized spacial score (nSPS) is 17.8. The molecule has 1 aromatic rings. The van der Waals surface area contributed by atoms with Crippen LogP contribution in [0.15, 0.2) is 18.2 Å². The molecule has 1 fully saturated rings. The SMILES string of the molecule is FC(F)(F)c1cccc(N2CCN(CCBr)CC2)n1. The Morgan fingerprint density at radius 3 is 2.42 bits per heavy atom. The van der Waals surface area contributed by atoms with Crippen LogP contribution in [0, 0.1) is 0 Å². The van der Waals surface area contributed by atoms with E-state index >= 15 is 0 Å². The van der Waals surface area contributed by atoms with Crippen molar-refractivity contribution in [3.05, 3.63) is 23.9 Å². The van der Waals surface area contributed by atoms with Crippen LogP contribution >= 0.6 is 15.9 Å². The number of alkyl halides is 4. The molecule has 0 amide bonds. The third-order valence-electron chi connectivity index (χ3n) is 3.12. The summed E-state index contributed by atoms with van der Waals surface area (Å²) in [5, 5.41) is 0.912. The smallest absolute Gasteiger partial charge is 0.354 e. The van der Waals surface area contributed by atoms with Crippen molar-refractivity contribution >= 4 is 21.7 Å². The van der Waals surface area contributed by atoms with E-state index in [1.165, 1.54) is 6.07 Å². The predicted octanol–water partition coefficient (Wildman–Crippen LogP) is 2.62. The maximum Gasteiger partial charge on any atom is 0.433 e. The van der Waals surface area contributed by atoms with Crippen LogP contribution in [-0.2, 0) is 6.18 Å². The molecule has 106 valence electrons. The number of nitrogens with zero attached hydrogens (tertiary/aromatic N) is 3. The minimum absolute atomic E-state index is 0.410. The van der Waals surface area contributed by atoms with Gasteiger partial charge >= 0.3 is 6.18 Å². The molecule has 1 aromatic heterocycles. The average Bonchev–Trinajstić information content (AvgIpc) is 2.39. The Balaban J connectivity index is 2.03. The van der Waals surface area contributed by atoms with Gasteiger partial charge in [-0.3, -0.25) is 4.90 Å². The highest BCUT2D eigenvalue weighted by molar-refractivity contribution is 9.09. The van der Waals surface area contributed by atoms with Crippen LogP contribution in [-0.4, -0.2) is 47.9 Å². The van der Waals surface area contributed by atoms with Crippen LogP contribution in [0.3, 0.4) is 0 Å². The molecular weight excluding hydrogens is 323 g/mol. The molecule has 1 saturated heterocycles. The summed E-state index contributed by atoms with van der Waals surface area (Å²) in [5.41, 5.74) is -0.826. The van der Waals surface area contributed by atoms with Crippen LogP contribution in [0.2, 0.25) is 0 Å². The molecule has 19 heavy (non-hydrogen) atoms. The molecule has 0 aromatic carbocycles. The summed E-state index contributed by atoms with van der Waals surface area (Å²) < 4.78 is 37.8. The van der Waals surface area contributed by atoms with Crippen molar-refractivity contribution in [3.8, 4) is 0 Å². The fraction of sp³-hybridized carbons (Fsp3) is 0.583. The van der Waals surface area contributed by atoms with Gasteiger partial charge in [0.05, 0.1) is 0 Å². The Hall–Kier alpha value is -0.820. The number of halogens is 4. The lowest BCUT2D eigenvalue weighted by Gasteiger charge is -2.35. The summed E-state index contributed by atoms with van der Waals surface area (Å²) in [4.78, 5) is 7.89. The highest BCUT2D eigenvalue weighted by atomic mass is 79.9. The van der Waals surface area contributed by atoms with Gasteiger partial charge in [-0.1, -0.05) is 22.0 Å². The first-order valence-electron chi connectivity index (χ1n) is 6.08. The van der Waals surface area contributed by atoms with Gasteiger partial charge in [-0.15, -0.1) is 0 Å². The second-order valence-corrected chi connectivity index (χ2v) is 5.19. The van der Waals surface area contributed by atoms with Gasteiger partial charge in [0.2, 0.25) is 0 Å². The number of anilines is 1. The van der Waals surface area contributed by atoms with Crippen LogP contribution in [0.25, 0.3) is 0 Å². The van der Waals surface area contributed by atoms with Crippen molar-refractivity contribution < 1.29 is 13.2 Å². The van der Waals surface area contributed by atoms with E-state index in [-0.39, 0.29) is 0 Å². The van der Waals surface area contributed by atoms with Crippen molar-refractivity contribution in [2.24, 2.45) is 0 Å². The van der Waals surface area contributed by atoms with E-state index in [2.05, 4.69) is 25.8 Å². The monoisotopic (exact) mass is 337 g/mol. The maximum absolute atomic E-state index is 12.6. The minimum Gasteiger partial charge on any atom is -0.354 e. The topological polar surface area (TPSA) is 19.4 Å². The Morgan fingerprint density at radius 2 is 1.84 bits per heavy atom. The number of aromatic nitrogens is 1. The zero-order valence-electron chi connectivity index (χ0n) is 10.3. The Morgan fingerprint density at radius 1 is 1.16 bits per heavy atom. The molecule has 0 saturated carbocycles. The van der Waals surface area contributed by atoms with Crippen molar-refractivity contribution in [3.63, 3.8) is 0 Å². The number of hydrogen-bond donors (Lipinski definition) is 0. The quantitative estimate of drug-likeness (QED) is 0.790. The van der Waals surface area contributed by atoms with E-state index < -0.39 is 11.9 Å². The Labute approximate surface area is 118 Å². The van der Waals surface area contributed by atoms with Gasteiger partial charge in [0.1, 0.15) is 11.5 Å². The van der Waals surface area contributed by atoms with Crippen LogP contribution in [0.5, 0.6) is 0 Å². The molecule has 3 nitrogen and oxygen atoms in total. The molecule has 0 radical (unpaired) electrons. The van der Waals surface area contributed by atoms with Gasteiger partial charge in [-0.2, -0.15) is 13.2 Å². The maximum atomic E-state index is 12.6. The van der Waals surface area contributed by atoms with Crippen LogP contribution < -0.4 is 4.90 Å². The molecule has 0 aliphatic carbocycles. The second kappa shape index (κ2) is 6.09. The molecule has 7 heteroatoms. The highest BCUT2D eigenvalue weighted by Gasteiger charge is 2.33. The standard InChI is InChI=1S/C12H15BrF3N3/c13-4-5-18-6-8-19(9-7-18)11-3-1-2-10(17-11)12(14,15)16/h1-3H,4-9H2. The molecule has 1 aliphatic heterocycles. The van der Waals surface area contributed by atoms with Gasteiger partial charge in [-0.05, 0) is 12.1 Å². The van der Waals surface area contributed by atoms with E-state index in [1.807, 2.05) is 4.90 Å². The number of pyridine rings is 1. The molecule has 0 unspecified atom stereocenters. The van der Waals surface area contributed by atoms with Gasteiger partial charge in [0.25, 0.3) is 0 Å². The second-order valence-electron chi connectivity index (χ2n) is 4.40. The summed E-state index contributed by atoms with van der Waals surface area (Å²) in [5.74, 6) is 0.410. The summed E-state index contributed by atoms with van der Waals surface area (Å²) in [6.45, 7) is 4.08. The van der Waals surface area contributed by atoms with E-state index in [1.54, 1.807) is 6.07 Å². The van der Waals surface area contributed by atoms with E-state index in [4.69, 9.17) is 0 Å². The van der Waals surface area contributed by atoms with Gasteiger partial charge < -0.3 is 4.90 Å². The molecule has 0 bridgehead atoms.